The van der Waals surface area contributed by atoms with Crippen molar-refractivity contribution >= 4 is 22.9 Å². The van der Waals surface area contributed by atoms with Crippen LogP contribution < -0.4 is 5.32 Å². The molecule has 1 N–H and O–H groups in total. The maximum absolute atomic E-state index is 12.8. The zero-order chi connectivity index (χ0) is 18.8. The monoisotopic (exact) mass is 356 g/mol. The van der Waals surface area contributed by atoms with Crippen LogP contribution in [-0.2, 0) is 6.54 Å². The van der Waals surface area contributed by atoms with Gasteiger partial charge in [0.05, 0.1) is 28.0 Å². The van der Waals surface area contributed by atoms with Crippen LogP contribution in [0.5, 0.6) is 0 Å². The van der Waals surface area contributed by atoms with Crippen molar-refractivity contribution in [2.24, 2.45) is 0 Å². The van der Waals surface area contributed by atoms with Crippen LogP contribution in [0, 0.1) is 6.92 Å². The molecular weight excluding hydrogens is 336 g/mol. The van der Waals surface area contributed by atoms with Crippen LogP contribution in [0.4, 0.5) is 5.95 Å². The molecule has 0 radical (unpaired) electrons. The number of imidazole rings is 1. The molecule has 0 bridgehead atoms. The molecule has 5 heteroatoms. The number of rotatable bonds is 4. The molecule has 0 fully saturated rings. The fourth-order valence-corrected chi connectivity index (χ4v) is 3.23. The van der Waals surface area contributed by atoms with Gasteiger partial charge in [-0.15, -0.1) is 0 Å². The maximum atomic E-state index is 12.8. The highest BCUT2D eigenvalue weighted by molar-refractivity contribution is 6.05. The summed E-state index contributed by atoms with van der Waals surface area (Å²) >= 11 is 0. The minimum Gasteiger partial charge on any atom is -0.310 e. The standard InChI is InChI=1S/C22H20N4O/c1-3-26-20-12-8-7-11-19(20)24-22(26)25-21(27)17-13-14-18(23-15(17)2)16-9-5-4-6-10-16/h4-14H,3H2,1-2H3,(H,24,25,27). The molecule has 0 unspecified atom stereocenters. The van der Waals surface area contributed by atoms with E-state index in [1.165, 1.54) is 0 Å². The van der Waals surface area contributed by atoms with Crippen molar-refractivity contribution < 1.29 is 4.79 Å². The van der Waals surface area contributed by atoms with Gasteiger partial charge in [-0.05, 0) is 38.1 Å². The molecule has 5 nitrogen and oxygen atoms in total. The molecule has 4 aromatic rings. The Labute approximate surface area is 157 Å². The second-order valence-corrected chi connectivity index (χ2v) is 6.32. The molecule has 0 aliphatic heterocycles. The number of benzene rings is 2. The van der Waals surface area contributed by atoms with E-state index in [4.69, 9.17) is 0 Å². The first-order chi connectivity index (χ1) is 13.2. The lowest BCUT2D eigenvalue weighted by atomic mass is 10.1. The smallest absolute Gasteiger partial charge is 0.259 e. The SMILES string of the molecule is CCn1c(NC(=O)c2ccc(-c3ccccc3)nc2C)nc2ccccc21. The number of nitrogens with zero attached hydrogens (tertiary/aromatic N) is 3. The summed E-state index contributed by atoms with van der Waals surface area (Å²) in [5, 5.41) is 2.94. The minimum absolute atomic E-state index is 0.204. The minimum atomic E-state index is -0.204. The average Bonchev–Trinajstić information content (AvgIpc) is 3.05. The second kappa shape index (κ2) is 7.03. The number of fused-ring (bicyclic) bond motifs is 1. The summed E-state index contributed by atoms with van der Waals surface area (Å²) in [4.78, 5) is 22.0. The fraction of sp³-hybridized carbons (Fsp3) is 0.136. The first-order valence-electron chi connectivity index (χ1n) is 8.97. The Bertz CT molecular complexity index is 1120. The number of carbonyl (C=O) groups is 1. The van der Waals surface area contributed by atoms with Gasteiger partial charge in [0.1, 0.15) is 0 Å². The number of hydrogen-bond acceptors (Lipinski definition) is 3. The van der Waals surface area contributed by atoms with Gasteiger partial charge in [-0.25, -0.2) is 4.98 Å². The van der Waals surface area contributed by atoms with Gasteiger partial charge < -0.3 is 4.57 Å². The molecular formula is C22H20N4O. The van der Waals surface area contributed by atoms with Gasteiger partial charge in [-0.3, -0.25) is 15.1 Å². The Morgan fingerprint density at radius 2 is 1.70 bits per heavy atom. The quantitative estimate of drug-likeness (QED) is 0.577. The molecule has 0 spiro atoms. The third-order valence-corrected chi connectivity index (χ3v) is 4.60. The van der Waals surface area contributed by atoms with Gasteiger partial charge in [-0.1, -0.05) is 42.5 Å². The summed E-state index contributed by atoms with van der Waals surface area (Å²) in [7, 11) is 0. The number of carbonyl (C=O) groups excluding carboxylic acids is 1. The van der Waals surface area contributed by atoms with Crippen molar-refractivity contribution in [2.75, 3.05) is 5.32 Å². The van der Waals surface area contributed by atoms with Gasteiger partial charge >= 0.3 is 0 Å². The molecule has 0 aliphatic rings. The molecule has 0 saturated heterocycles. The third-order valence-electron chi connectivity index (χ3n) is 4.60. The first-order valence-corrected chi connectivity index (χ1v) is 8.97. The predicted octanol–water partition coefficient (Wildman–Crippen LogP) is 4.68. The highest BCUT2D eigenvalue weighted by Crippen LogP contribution is 2.22. The van der Waals surface area contributed by atoms with Crippen LogP contribution >= 0.6 is 0 Å². The van der Waals surface area contributed by atoms with Crippen molar-refractivity contribution in [3.63, 3.8) is 0 Å². The molecule has 0 atom stereocenters. The third kappa shape index (κ3) is 3.19. The Hall–Kier alpha value is -3.47. The largest absolute Gasteiger partial charge is 0.310 e. The summed E-state index contributed by atoms with van der Waals surface area (Å²) < 4.78 is 1.99. The predicted molar refractivity (Wildman–Crippen MR) is 108 cm³/mol. The van der Waals surface area contributed by atoms with Crippen molar-refractivity contribution in [1.82, 2.24) is 14.5 Å². The van der Waals surface area contributed by atoms with Gasteiger partial charge in [0, 0.05) is 12.1 Å². The first kappa shape index (κ1) is 17.0. The topological polar surface area (TPSA) is 59.8 Å². The summed E-state index contributed by atoms with van der Waals surface area (Å²) in [6.45, 7) is 4.61. The normalized spacial score (nSPS) is 10.9. The lowest BCUT2D eigenvalue weighted by Gasteiger charge is -2.10. The Balaban J connectivity index is 1.64. The van der Waals surface area contributed by atoms with E-state index in [0.29, 0.717) is 17.2 Å². The number of nitrogens with one attached hydrogen (secondary N) is 1. The van der Waals surface area contributed by atoms with E-state index in [1.54, 1.807) is 0 Å². The van der Waals surface area contributed by atoms with E-state index >= 15 is 0 Å². The molecule has 1 amide bonds. The van der Waals surface area contributed by atoms with Crippen molar-refractivity contribution in [3.05, 3.63) is 78.0 Å². The van der Waals surface area contributed by atoms with E-state index in [-0.39, 0.29) is 5.91 Å². The van der Waals surface area contributed by atoms with Gasteiger partial charge in [0.25, 0.3) is 5.91 Å². The van der Waals surface area contributed by atoms with Crippen LogP contribution in [0.25, 0.3) is 22.3 Å². The lowest BCUT2D eigenvalue weighted by Crippen LogP contribution is -2.17. The molecule has 134 valence electrons. The molecule has 27 heavy (non-hydrogen) atoms. The number of amides is 1. The summed E-state index contributed by atoms with van der Waals surface area (Å²) in [6, 6.07) is 21.5. The van der Waals surface area contributed by atoms with E-state index in [2.05, 4.69) is 15.3 Å². The number of anilines is 1. The van der Waals surface area contributed by atoms with E-state index in [0.717, 1.165) is 28.8 Å². The zero-order valence-electron chi connectivity index (χ0n) is 15.3. The van der Waals surface area contributed by atoms with Crippen molar-refractivity contribution in [2.45, 2.75) is 20.4 Å². The summed E-state index contributed by atoms with van der Waals surface area (Å²) in [6.07, 6.45) is 0. The fourth-order valence-electron chi connectivity index (χ4n) is 3.23. The van der Waals surface area contributed by atoms with Gasteiger partial charge in [0.15, 0.2) is 0 Å². The number of aromatic nitrogens is 3. The van der Waals surface area contributed by atoms with E-state index < -0.39 is 0 Å². The number of pyridine rings is 1. The highest BCUT2D eigenvalue weighted by Gasteiger charge is 2.16. The molecule has 2 aromatic heterocycles. The van der Waals surface area contributed by atoms with E-state index in [1.807, 2.05) is 85.1 Å². The maximum Gasteiger partial charge on any atom is 0.259 e. The molecule has 0 saturated carbocycles. The summed E-state index contributed by atoms with van der Waals surface area (Å²) in [5.74, 6) is 0.347. The number of para-hydroxylation sites is 2. The second-order valence-electron chi connectivity index (χ2n) is 6.32. The number of hydrogen-bond donors (Lipinski definition) is 1. The van der Waals surface area contributed by atoms with Crippen LogP contribution in [-0.4, -0.2) is 20.4 Å². The van der Waals surface area contributed by atoms with Crippen LogP contribution in [0.15, 0.2) is 66.7 Å². The molecule has 2 aromatic carbocycles. The van der Waals surface area contributed by atoms with Gasteiger partial charge in [-0.2, -0.15) is 0 Å². The number of aryl methyl sites for hydroxylation is 2. The van der Waals surface area contributed by atoms with E-state index in [9.17, 15) is 4.79 Å². The molecule has 4 rings (SSSR count). The lowest BCUT2D eigenvalue weighted by molar-refractivity contribution is 0.102. The Kier molecular flexibility index (Phi) is 4.42. The Morgan fingerprint density at radius 1 is 0.963 bits per heavy atom. The summed E-state index contributed by atoms with van der Waals surface area (Å²) in [5.41, 5.74) is 4.98. The Morgan fingerprint density at radius 3 is 2.44 bits per heavy atom. The highest BCUT2D eigenvalue weighted by atomic mass is 16.1. The van der Waals surface area contributed by atoms with Crippen LogP contribution in [0.3, 0.4) is 0 Å². The average molecular weight is 356 g/mol. The van der Waals surface area contributed by atoms with Gasteiger partial charge in [0.2, 0.25) is 5.95 Å². The molecule has 2 heterocycles. The van der Waals surface area contributed by atoms with Crippen LogP contribution in [0.2, 0.25) is 0 Å². The van der Waals surface area contributed by atoms with Crippen LogP contribution in [0.1, 0.15) is 23.0 Å². The molecule has 0 aliphatic carbocycles. The zero-order valence-corrected chi connectivity index (χ0v) is 15.3. The van der Waals surface area contributed by atoms with Crippen molar-refractivity contribution in [1.29, 1.82) is 0 Å². The van der Waals surface area contributed by atoms with Crippen molar-refractivity contribution in [3.8, 4) is 11.3 Å².